The molecule has 0 radical (unpaired) electrons. The van der Waals surface area contributed by atoms with Gasteiger partial charge in [-0.15, -0.1) is 0 Å². The van der Waals surface area contributed by atoms with Crippen LogP contribution in [0, 0.1) is 0 Å². The Hall–Kier alpha value is -3.60. The Morgan fingerprint density at radius 2 is 1.38 bits per heavy atom. The molecule has 3 aromatic carbocycles. The summed E-state index contributed by atoms with van der Waals surface area (Å²) in [4.78, 5) is 25.5. The average molecular weight is 527 g/mol. The molecule has 1 fully saturated rings. The molecule has 0 unspecified atom stereocenters. The van der Waals surface area contributed by atoms with Gasteiger partial charge in [-0.05, 0) is 70.7 Å². The summed E-state index contributed by atoms with van der Waals surface area (Å²) in [6.45, 7) is 8.30. The van der Waals surface area contributed by atoms with Gasteiger partial charge in [0.05, 0.1) is 6.42 Å². The van der Waals surface area contributed by atoms with Crippen LogP contribution in [0.3, 0.4) is 0 Å². The summed E-state index contributed by atoms with van der Waals surface area (Å²) in [5.74, 6) is -0.492. The zero-order valence-electron chi connectivity index (χ0n) is 23.6. The fourth-order valence-electron chi connectivity index (χ4n) is 5.33. The van der Waals surface area contributed by atoms with Crippen molar-refractivity contribution in [3.8, 4) is 0 Å². The number of hydrogen-bond donors (Lipinski definition) is 2. The molecule has 2 N–H and O–H groups in total. The van der Waals surface area contributed by atoms with E-state index in [0.717, 1.165) is 18.8 Å². The summed E-state index contributed by atoms with van der Waals surface area (Å²) in [7, 11) is 0. The first-order valence-corrected chi connectivity index (χ1v) is 14.2. The third-order valence-corrected chi connectivity index (χ3v) is 7.74. The summed E-state index contributed by atoms with van der Waals surface area (Å²) in [6, 6.07) is 25.6. The van der Waals surface area contributed by atoms with Crippen molar-refractivity contribution < 1.29 is 14.7 Å². The molecule has 1 aliphatic carbocycles. The fraction of sp³-hybridized carbons (Fsp3) is 0.412. The number of carboxylic acid groups (broad SMARTS) is 1. The highest BCUT2D eigenvalue weighted by Crippen LogP contribution is 2.33. The Balaban J connectivity index is 1.51. The van der Waals surface area contributed by atoms with E-state index in [4.69, 9.17) is 5.11 Å². The Morgan fingerprint density at radius 1 is 0.821 bits per heavy atom. The van der Waals surface area contributed by atoms with Crippen molar-refractivity contribution in [1.29, 1.82) is 0 Å². The minimum absolute atomic E-state index is 0.0921. The molecule has 0 aromatic heterocycles. The molecule has 1 aliphatic rings. The van der Waals surface area contributed by atoms with Gasteiger partial charge < -0.3 is 15.3 Å². The molecule has 0 bridgehead atoms. The van der Waals surface area contributed by atoms with Crippen molar-refractivity contribution in [3.63, 3.8) is 0 Å². The predicted octanol–water partition coefficient (Wildman–Crippen LogP) is 7.44. The number of nitrogens with one attached hydrogen (secondary N) is 1. The summed E-state index contributed by atoms with van der Waals surface area (Å²) in [5, 5.41) is 11.5. The summed E-state index contributed by atoms with van der Waals surface area (Å²) in [6.07, 6.45) is 6.54. The largest absolute Gasteiger partial charge is 0.481 e. The van der Waals surface area contributed by atoms with Gasteiger partial charge in [-0.1, -0.05) is 88.6 Å². The maximum atomic E-state index is 12.4. The lowest BCUT2D eigenvalue weighted by molar-refractivity contribution is -0.136. The average Bonchev–Trinajstić information content (AvgIpc) is 2.93. The molecule has 3 aromatic rings. The van der Waals surface area contributed by atoms with E-state index in [-0.39, 0.29) is 24.3 Å². The summed E-state index contributed by atoms with van der Waals surface area (Å²) < 4.78 is 0. The third-order valence-electron chi connectivity index (χ3n) is 7.74. The highest BCUT2D eigenvalue weighted by atomic mass is 16.4. The number of carboxylic acids is 1. The number of aliphatic carboxylic acids is 1. The Labute approximate surface area is 233 Å². The third kappa shape index (κ3) is 8.19. The van der Waals surface area contributed by atoms with Crippen LogP contribution in [-0.4, -0.2) is 23.5 Å². The van der Waals surface area contributed by atoms with Crippen LogP contribution in [0.4, 0.5) is 5.69 Å². The zero-order valence-corrected chi connectivity index (χ0v) is 23.6. The van der Waals surface area contributed by atoms with Crippen molar-refractivity contribution in [2.45, 2.75) is 83.7 Å². The van der Waals surface area contributed by atoms with Crippen molar-refractivity contribution >= 4 is 17.6 Å². The van der Waals surface area contributed by atoms with Gasteiger partial charge in [0.1, 0.15) is 0 Å². The Bertz CT molecular complexity index is 1220. The Kier molecular flexibility index (Phi) is 9.45. The van der Waals surface area contributed by atoms with Gasteiger partial charge in [0.25, 0.3) is 5.91 Å². The molecule has 0 aliphatic heterocycles. The number of anilines is 1. The lowest BCUT2D eigenvalue weighted by Gasteiger charge is -2.27. The molecule has 4 rings (SSSR count). The molecule has 0 saturated heterocycles. The smallest absolute Gasteiger partial charge is 0.305 e. The second-order valence-electron chi connectivity index (χ2n) is 11.8. The highest BCUT2D eigenvalue weighted by Gasteiger charge is 2.17. The number of hydrogen-bond acceptors (Lipinski definition) is 3. The van der Waals surface area contributed by atoms with E-state index in [2.05, 4.69) is 79.5 Å². The van der Waals surface area contributed by atoms with Crippen molar-refractivity contribution in [2.24, 2.45) is 0 Å². The van der Waals surface area contributed by atoms with Crippen molar-refractivity contribution in [1.82, 2.24) is 5.32 Å². The van der Waals surface area contributed by atoms with Crippen LogP contribution >= 0.6 is 0 Å². The maximum Gasteiger partial charge on any atom is 0.305 e. The van der Waals surface area contributed by atoms with Crippen LogP contribution < -0.4 is 10.2 Å². The van der Waals surface area contributed by atoms with E-state index in [1.54, 1.807) is 0 Å². The van der Waals surface area contributed by atoms with Crippen LogP contribution in [0.15, 0.2) is 72.8 Å². The molecule has 5 nitrogen and oxygen atoms in total. The number of rotatable bonds is 10. The first-order valence-electron chi connectivity index (χ1n) is 14.2. The molecule has 1 amide bonds. The second-order valence-corrected chi connectivity index (χ2v) is 11.8. The topological polar surface area (TPSA) is 69.6 Å². The minimum Gasteiger partial charge on any atom is -0.481 e. The van der Waals surface area contributed by atoms with Gasteiger partial charge in [-0.25, -0.2) is 0 Å². The Morgan fingerprint density at radius 3 is 1.92 bits per heavy atom. The first kappa shape index (κ1) is 28.4. The van der Waals surface area contributed by atoms with Gasteiger partial charge >= 0.3 is 5.97 Å². The fourth-order valence-corrected chi connectivity index (χ4v) is 5.33. The predicted molar refractivity (Wildman–Crippen MR) is 158 cm³/mol. The molecule has 5 heteroatoms. The van der Waals surface area contributed by atoms with E-state index in [0.29, 0.717) is 11.5 Å². The standard InChI is InChI=1S/C34H42N2O3/c1-34(2,3)30-17-11-26(12-18-30)24-36(23-25-9-13-28(14-10-25)27-7-5-4-6-8-27)31-19-15-29(16-20-31)33(39)35-22-21-32(37)38/h9-20,27H,4-8,21-24H2,1-3H3,(H,35,39)(H,37,38). The highest BCUT2D eigenvalue weighted by molar-refractivity contribution is 5.94. The first-order chi connectivity index (χ1) is 18.7. The molecule has 0 spiro atoms. The van der Waals surface area contributed by atoms with E-state index >= 15 is 0 Å². The van der Waals surface area contributed by atoms with Gasteiger partial charge in [0.2, 0.25) is 0 Å². The molecule has 0 heterocycles. The van der Waals surface area contributed by atoms with Crippen molar-refractivity contribution in [2.75, 3.05) is 11.4 Å². The van der Waals surface area contributed by atoms with E-state index in [1.165, 1.54) is 54.4 Å². The van der Waals surface area contributed by atoms with E-state index in [9.17, 15) is 9.59 Å². The lowest BCUT2D eigenvalue weighted by atomic mass is 9.84. The van der Waals surface area contributed by atoms with Crippen LogP contribution in [0.5, 0.6) is 0 Å². The van der Waals surface area contributed by atoms with Crippen LogP contribution in [0.1, 0.15) is 97.8 Å². The molecule has 0 atom stereocenters. The molecular weight excluding hydrogens is 484 g/mol. The number of nitrogens with zero attached hydrogens (tertiary/aromatic N) is 1. The molecule has 206 valence electrons. The normalized spacial score (nSPS) is 14.1. The maximum absolute atomic E-state index is 12.4. The zero-order chi connectivity index (χ0) is 27.8. The van der Waals surface area contributed by atoms with Crippen LogP contribution in [0.2, 0.25) is 0 Å². The van der Waals surface area contributed by atoms with Crippen LogP contribution in [-0.2, 0) is 23.3 Å². The van der Waals surface area contributed by atoms with Gasteiger partial charge in [0, 0.05) is 30.9 Å². The molecule has 39 heavy (non-hydrogen) atoms. The lowest BCUT2D eigenvalue weighted by Crippen LogP contribution is -2.26. The number of amides is 1. The molecule has 1 saturated carbocycles. The molecular formula is C34H42N2O3. The van der Waals surface area contributed by atoms with Gasteiger partial charge in [0.15, 0.2) is 0 Å². The quantitative estimate of drug-likeness (QED) is 0.288. The summed E-state index contributed by atoms with van der Waals surface area (Å²) in [5.41, 5.74) is 6.94. The number of carbonyl (C=O) groups is 2. The van der Waals surface area contributed by atoms with E-state index < -0.39 is 5.97 Å². The summed E-state index contributed by atoms with van der Waals surface area (Å²) >= 11 is 0. The monoisotopic (exact) mass is 526 g/mol. The minimum atomic E-state index is -0.927. The van der Waals surface area contributed by atoms with Gasteiger partial charge in [-0.2, -0.15) is 0 Å². The number of benzene rings is 3. The second kappa shape index (κ2) is 13.0. The number of carbonyl (C=O) groups excluding carboxylic acids is 1. The van der Waals surface area contributed by atoms with Gasteiger partial charge in [-0.3, -0.25) is 9.59 Å². The SMILES string of the molecule is CC(C)(C)c1ccc(CN(Cc2ccc(C3CCCCC3)cc2)c2ccc(C(=O)NCCC(=O)O)cc2)cc1. The van der Waals surface area contributed by atoms with E-state index in [1.807, 2.05) is 24.3 Å². The van der Waals surface area contributed by atoms with Crippen LogP contribution in [0.25, 0.3) is 0 Å². The van der Waals surface area contributed by atoms with Crippen molar-refractivity contribution in [3.05, 3.63) is 101 Å².